The van der Waals surface area contributed by atoms with Crippen LogP contribution < -0.4 is 11.1 Å². The predicted octanol–water partition coefficient (Wildman–Crippen LogP) is 0.401. The van der Waals surface area contributed by atoms with E-state index in [1.165, 1.54) is 6.07 Å². The molecule has 0 radical (unpaired) electrons. The number of aromatic nitrogens is 2. The summed E-state index contributed by atoms with van der Waals surface area (Å²) in [5.41, 5.74) is 6.35. The second-order valence-corrected chi connectivity index (χ2v) is 6.16. The predicted molar refractivity (Wildman–Crippen MR) is 94.7 cm³/mol. The van der Waals surface area contributed by atoms with Crippen molar-refractivity contribution in [1.82, 2.24) is 15.3 Å². The first-order valence-electron chi connectivity index (χ1n) is 8.12. The number of aliphatic hydroxyl groups excluding tert-OH is 1. The van der Waals surface area contributed by atoms with Crippen molar-refractivity contribution in [3.63, 3.8) is 0 Å². The second-order valence-electron chi connectivity index (χ2n) is 6.16. The van der Waals surface area contributed by atoms with Crippen LogP contribution in [-0.4, -0.2) is 40.0 Å². The van der Waals surface area contributed by atoms with Gasteiger partial charge in [0.15, 0.2) is 5.82 Å². The third-order valence-corrected chi connectivity index (χ3v) is 4.22. The zero-order valence-corrected chi connectivity index (χ0v) is 14.2. The molecule has 2 amide bonds. The standard InChI is InChI=1S/C19H18N4O3/c1-12-9-15(16(20)25)23-17(22-12)14-4-2-3-13(10-14)5-6-19(11-24)7-8-21-18(19)26/h2-4,9-10,24H,7-8,11H2,1H3,(H2,20,25)(H,21,26)/t19-/m0/s1. The lowest BCUT2D eigenvalue weighted by molar-refractivity contribution is -0.126. The molecule has 2 aromatic rings. The third kappa shape index (κ3) is 3.41. The summed E-state index contributed by atoms with van der Waals surface area (Å²) in [4.78, 5) is 31.9. The van der Waals surface area contributed by atoms with E-state index in [0.717, 1.165) is 0 Å². The number of carbonyl (C=O) groups excluding carboxylic acids is 2. The maximum absolute atomic E-state index is 11.9. The molecule has 7 nitrogen and oxygen atoms in total. The summed E-state index contributed by atoms with van der Waals surface area (Å²) in [5, 5.41) is 12.3. The molecule has 1 fully saturated rings. The zero-order chi connectivity index (χ0) is 18.7. The Labute approximate surface area is 150 Å². The quantitative estimate of drug-likeness (QED) is 0.693. The Hall–Kier alpha value is -3.24. The third-order valence-electron chi connectivity index (χ3n) is 4.22. The molecule has 1 atom stereocenters. The van der Waals surface area contributed by atoms with Gasteiger partial charge in [-0.25, -0.2) is 9.97 Å². The monoisotopic (exact) mass is 350 g/mol. The highest BCUT2D eigenvalue weighted by molar-refractivity contribution is 5.91. The Morgan fingerprint density at radius 1 is 1.38 bits per heavy atom. The van der Waals surface area contributed by atoms with Crippen LogP contribution in [0.1, 0.15) is 28.2 Å². The molecule has 0 unspecified atom stereocenters. The van der Waals surface area contributed by atoms with Crippen molar-refractivity contribution in [1.29, 1.82) is 0 Å². The number of benzene rings is 1. The number of nitrogens with one attached hydrogen (secondary N) is 1. The lowest BCUT2D eigenvalue weighted by atomic mass is 9.88. The van der Waals surface area contributed by atoms with Crippen LogP contribution in [0, 0.1) is 24.2 Å². The highest BCUT2D eigenvalue weighted by atomic mass is 16.3. The first kappa shape index (κ1) is 17.6. The largest absolute Gasteiger partial charge is 0.394 e. The Kier molecular flexibility index (Phi) is 4.69. The minimum absolute atomic E-state index is 0.144. The second kappa shape index (κ2) is 6.94. The van der Waals surface area contributed by atoms with E-state index >= 15 is 0 Å². The number of hydrogen-bond acceptors (Lipinski definition) is 5. The van der Waals surface area contributed by atoms with Crippen LogP contribution in [0.5, 0.6) is 0 Å². The number of amides is 2. The molecule has 2 heterocycles. The summed E-state index contributed by atoms with van der Waals surface area (Å²) < 4.78 is 0. The van der Waals surface area contributed by atoms with E-state index in [-0.39, 0.29) is 18.2 Å². The fraction of sp³-hybridized carbons (Fsp3) is 0.263. The number of nitrogens with zero attached hydrogens (tertiary/aromatic N) is 2. The van der Waals surface area contributed by atoms with Crippen molar-refractivity contribution in [2.75, 3.05) is 13.2 Å². The van der Waals surface area contributed by atoms with E-state index in [2.05, 4.69) is 27.1 Å². The van der Waals surface area contributed by atoms with Gasteiger partial charge in [-0.2, -0.15) is 0 Å². The number of carbonyl (C=O) groups is 2. The van der Waals surface area contributed by atoms with E-state index < -0.39 is 11.3 Å². The van der Waals surface area contributed by atoms with E-state index in [1.807, 2.05) is 0 Å². The van der Waals surface area contributed by atoms with Gasteiger partial charge in [0.2, 0.25) is 5.91 Å². The van der Waals surface area contributed by atoms with Crippen molar-refractivity contribution >= 4 is 11.8 Å². The summed E-state index contributed by atoms with van der Waals surface area (Å²) in [7, 11) is 0. The zero-order valence-electron chi connectivity index (χ0n) is 14.2. The van der Waals surface area contributed by atoms with Crippen LogP contribution in [0.3, 0.4) is 0 Å². The van der Waals surface area contributed by atoms with Gasteiger partial charge in [-0.1, -0.05) is 24.0 Å². The molecule has 1 aliphatic heterocycles. The maximum atomic E-state index is 11.9. The molecule has 0 bridgehead atoms. The Balaban J connectivity index is 1.97. The van der Waals surface area contributed by atoms with E-state index in [4.69, 9.17) is 5.73 Å². The van der Waals surface area contributed by atoms with Gasteiger partial charge >= 0.3 is 0 Å². The number of hydrogen-bond donors (Lipinski definition) is 3. The fourth-order valence-electron chi connectivity index (χ4n) is 2.73. The molecule has 1 aromatic carbocycles. The normalized spacial score (nSPS) is 18.8. The van der Waals surface area contributed by atoms with Crippen LogP contribution in [0.2, 0.25) is 0 Å². The van der Waals surface area contributed by atoms with Gasteiger partial charge in [0, 0.05) is 23.4 Å². The van der Waals surface area contributed by atoms with Gasteiger partial charge in [-0.3, -0.25) is 9.59 Å². The lowest BCUT2D eigenvalue weighted by Crippen LogP contribution is -2.33. The highest BCUT2D eigenvalue weighted by Crippen LogP contribution is 2.25. The minimum Gasteiger partial charge on any atom is -0.394 e. The molecule has 3 rings (SSSR count). The highest BCUT2D eigenvalue weighted by Gasteiger charge is 2.40. The molecule has 1 saturated heterocycles. The molecule has 4 N–H and O–H groups in total. The molecule has 0 saturated carbocycles. The van der Waals surface area contributed by atoms with Crippen molar-refractivity contribution in [2.45, 2.75) is 13.3 Å². The Morgan fingerprint density at radius 3 is 2.85 bits per heavy atom. The molecule has 0 spiro atoms. The molecule has 7 heteroatoms. The van der Waals surface area contributed by atoms with E-state index in [9.17, 15) is 14.7 Å². The average Bonchev–Trinajstić information content (AvgIpc) is 3.00. The summed E-state index contributed by atoms with van der Waals surface area (Å²) in [6, 6.07) is 8.67. The Bertz CT molecular complexity index is 945. The number of rotatable bonds is 3. The summed E-state index contributed by atoms with van der Waals surface area (Å²) in [6.45, 7) is 1.93. The van der Waals surface area contributed by atoms with Gasteiger partial charge < -0.3 is 16.2 Å². The molecule has 1 aliphatic rings. The van der Waals surface area contributed by atoms with Crippen molar-refractivity contribution in [2.24, 2.45) is 11.1 Å². The van der Waals surface area contributed by atoms with Gasteiger partial charge in [-0.15, -0.1) is 0 Å². The summed E-state index contributed by atoms with van der Waals surface area (Å²) in [6.07, 6.45) is 0.470. The molecular formula is C19H18N4O3. The van der Waals surface area contributed by atoms with Gasteiger partial charge in [-0.05, 0) is 31.5 Å². The number of aliphatic hydroxyl groups is 1. The number of aryl methyl sites for hydroxylation is 1. The molecule has 132 valence electrons. The van der Waals surface area contributed by atoms with Crippen LogP contribution >= 0.6 is 0 Å². The molecule has 1 aromatic heterocycles. The van der Waals surface area contributed by atoms with Crippen molar-refractivity contribution in [3.8, 4) is 23.2 Å². The van der Waals surface area contributed by atoms with Crippen LogP contribution in [0.25, 0.3) is 11.4 Å². The average molecular weight is 350 g/mol. The van der Waals surface area contributed by atoms with Crippen LogP contribution in [0.4, 0.5) is 0 Å². The molecule has 26 heavy (non-hydrogen) atoms. The number of nitrogens with two attached hydrogens (primary N) is 1. The maximum Gasteiger partial charge on any atom is 0.267 e. The van der Waals surface area contributed by atoms with Gasteiger partial charge in [0.05, 0.1) is 6.61 Å². The van der Waals surface area contributed by atoms with Crippen molar-refractivity contribution in [3.05, 3.63) is 47.3 Å². The van der Waals surface area contributed by atoms with Gasteiger partial charge in [0.25, 0.3) is 5.91 Å². The SMILES string of the molecule is Cc1cc(C(N)=O)nc(-c2cccc(C#C[C@@]3(CO)CCNC3=O)c2)n1. The van der Waals surface area contributed by atoms with Crippen LogP contribution in [0.15, 0.2) is 30.3 Å². The van der Waals surface area contributed by atoms with Crippen LogP contribution in [-0.2, 0) is 4.79 Å². The summed E-state index contributed by atoms with van der Waals surface area (Å²) in [5.74, 6) is 5.36. The first-order chi connectivity index (χ1) is 12.4. The summed E-state index contributed by atoms with van der Waals surface area (Å²) >= 11 is 0. The molecular weight excluding hydrogens is 332 g/mol. The fourth-order valence-corrected chi connectivity index (χ4v) is 2.73. The Morgan fingerprint density at radius 2 is 2.19 bits per heavy atom. The minimum atomic E-state index is -1.06. The molecule has 0 aliphatic carbocycles. The van der Waals surface area contributed by atoms with E-state index in [0.29, 0.717) is 35.6 Å². The number of primary amides is 1. The first-order valence-corrected chi connectivity index (χ1v) is 8.12. The topological polar surface area (TPSA) is 118 Å². The smallest absolute Gasteiger partial charge is 0.267 e. The van der Waals surface area contributed by atoms with Gasteiger partial charge in [0.1, 0.15) is 11.1 Å². The van der Waals surface area contributed by atoms with Crippen molar-refractivity contribution < 1.29 is 14.7 Å². The van der Waals surface area contributed by atoms with E-state index in [1.54, 1.807) is 31.2 Å². The lowest BCUT2D eigenvalue weighted by Gasteiger charge is -2.15.